The third-order valence-corrected chi connectivity index (χ3v) is 5.29. The normalized spacial score (nSPS) is 20.7. The lowest BCUT2D eigenvalue weighted by Gasteiger charge is -2.40. The van der Waals surface area contributed by atoms with Crippen molar-refractivity contribution in [1.29, 1.82) is 5.26 Å². The minimum absolute atomic E-state index is 0.0987. The summed E-state index contributed by atoms with van der Waals surface area (Å²) in [6, 6.07) is 10.1. The third kappa shape index (κ3) is 6.61. The molecule has 1 aromatic carbocycles. The average Bonchev–Trinajstić information content (AvgIpc) is 3.09. The fourth-order valence-electron chi connectivity index (χ4n) is 3.68. The predicted molar refractivity (Wildman–Crippen MR) is 99.6 cm³/mol. The van der Waals surface area contributed by atoms with Crippen molar-refractivity contribution in [3.8, 4) is 6.07 Å². The van der Waals surface area contributed by atoms with E-state index in [2.05, 4.69) is 11.0 Å². The van der Waals surface area contributed by atoms with Crippen LogP contribution < -0.4 is 4.90 Å². The standard InChI is InChI=1S/C18H24N2O2.C2HF3O2/c1-21-11-6-16-12-18(22-14-16)7-9-20(10-8-18)17-4-2-15(13-19)3-5-17;3-2(4,5)1(6)7/h2-5,16H,6-12,14H2,1H3;(H,6,7). The number of piperidine rings is 1. The molecular weight excluding hydrogens is 389 g/mol. The number of hydrogen-bond donors (Lipinski definition) is 1. The Labute approximate surface area is 167 Å². The molecule has 1 unspecified atom stereocenters. The summed E-state index contributed by atoms with van der Waals surface area (Å²) in [4.78, 5) is 11.3. The summed E-state index contributed by atoms with van der Waals surface area (Å²) in [5, 5.41) is 16.0. The summed E-state index contributed by atoms with van der Waals surface area (Å²) in [6.45, 7) is 3.79. The number of carboxylic acids is 1. The molecule has 2 aliphatic rings. The molecule has 0 aliphatic carbocycles. The number of halogens is 3. The van der Waals surface area contributed by atoms with Crippen LogP contribution in [0.4, 0.5) is 18.9 Å². The molecule has 0 saturated carbocycles. The van der Waals surface area contributed by atoms with Gasteiger partial charge >= 0.3 is 12.1 Å². The number of methoxy groups -OCH3 is 1. The highest BCUT2D eigenvalue weighted by atomic mass is 19.4. The zero-order valence-corrected chi connectivity index (χ0v) is 16.2. The first-order chi connectivity index (χ1) is 13.7. The first-order valence-electron chi connectivity index (χ1n) is 9.37. The highest BCUT2D eigenvalue weighted by Gasteiger charge is 2.42. The number of benzene rings is 1. The molecule has 2 heterocycles. The van der Waals surface area contributed by atoms with E-state index in [0.717, 1.165) is 51.1 Å². The largest absolute Gasteiger partial charge is 0.490 e. The topological polar surface area (TPSA) is 82.8 Å². The first-order valence-corrected chi connectivity index (χ1v) is 9.37. The Bertz CT molecular complexity index is 708. The summed E-state index contributed by atoms with van der Waals surface area (Å²) in [6.07, 6.45) is -0.609. The number of carbonyl (C=O) groups is 1. The van der Waals surface area contributed by atoms with Crippen LogP contribution in [0.1, 0.15) is 31.2 Å². The van der Waals surface area contributed by atoms with E-state index in [0.29, 0.717) is 5.92 Å². The Hall–Kier alpha value is -2.31. The summed E-state index contributed by atoms with van der Waals surface area (Å²) in [5.41, 5.74) is 2.03. The molecule has 1 spiro atoms. The van der Waals surface area contributed by atoms with E-state index in [9.17, 15) is 13.2 Å². The molecule has 2 fully saturated rings. The number of nitrogens with zero attached hydrogens (tertiary/aromatic N) is 2. The molecule has 1 atom stereocenters. The molecule has 0 radical (unpaired) electrons. The van der Waals surface area contributed by atoms with Gasteiger partial charge in [0.1, 0.15) is 0 Å². The molecule has 160 valence electrons. The second-order valence-electron chi connectivity index (χ2n) is 7.29. The van der Waals surface area contributed by atoms with E-state index in [1.54, 1.807) is 7.11 Å². The van der Waals surface area contributed by atoms with Gasteiger partial charge in [0, 0.05) is 32.5 Å². The highest BCUT2D eigenvalue weighted by Crippen LogP contribution is 2.40. The van der Waals surface area contributed by atoms with Gasteiger partial charge in [0.05, 0.1) is 23.8 Å². The number of alkyl halides is 3. The van der Waals surface area contributed by atoms with Gasteiger partial charge < -0.3 is 19.5 Å². The third-order valence-electron chi connectivity index (χ3n) is 5.29. The number of hydrogen-bond acceptors (Lipinski definition) is 5. The Morgan fingerprint density at radius 3 is 2.41 bits per heavy atom. The minimum Gasteiger partial charge on any atom is -0.475 e. The van der Waals surface area contributed by atoms with Crippen molar-refractivity contribution < 1.29 is 32.5 Å². The number of nitriles is 1. The van der Waals surface area contributed by atoms with Crippen LogP contribution in [0.2, 0.25) is 0 Å². The fraction of sp³-hybridized carbons (Fsp3) is 0.600. The molecule has 0 bridgehead atoms. The van der Waals surface area contributed by atoms with Gasteiger partial charge in [-0.3, -0.25) is 0 Å². The maximum absolute atomic E-state index is 10.6. The first kappa shape index (κ1) is 23.0. The predicted octanol–water partition coefficient (Wildman–Crippen LogP) is 3.60. The lowest BCUT2D eigenvalue weighted by Crippen LogP contribution is -2.44. The van der Waals surface area contributed by atoms with Crippen molar-refractivity contribution >= 4 is 11.7 Å². The van der Waals surface area contributed by atoms with Crippen LogP contribution in [0.25, 0.3) is 0 Å². The molecule has 0 amide bonds. The van der Waals surface area contributed by atoms with Crippen molar-refractivity contribution in [1.82, 2.24) is 0 Å². The molecule has 2 aliphatic heterocycles. The van der Waals surface area contributed by atoms with Crippen LogP contribution in [-0.2, 0) is 14.3 Å². The van der Waals surface area contributed by atoms with E-state index in [4.69, 9.17) is 24.6 Å². The molecule has 6 nitrogen and oxygen atoms in total. The number of carboxylic acid groups (broad SMARTS) is 1. The SMILES string of the molecule is COCCC1COC2(CCN(c3ccc(C#N)cc3)CC2)C1.O=C(O)C(F)(F)F. The zero-order chi connectivity index (χ0) is 21.5. The van der Waals surface area contributed by atoms with E-state index in [1.807, 2.05) is 24.3 Å². The monoisotopic (exact) mass is 414 g/mol. The van der Waals surface area contributed by atoms with Crippen LogP contribution in [0.5, 0.6) is 0 Å². The van der Waals surface area contributed by atoms with Crippen molar-refractivity contribution in [2.24, 2.45) is 5.92 Å². The van der Waals surface area contributed by atoms with E-state index in [-0.39, 0.29) is 5.60 Å². The molecule has 3 rings (SSSR count). The molecule has 0 aromatic heterocycles. The maximum atomic E-state index is 10.6. The van der Waals surface area contributed by atoms with Gasteiger partial charge in [-0.25, -0.2) is 4.79 Å². The Morgan fingerprint density at radius 1 is 1.34 bits per heavy atom. The van der Waals surface area contributed by atoms with Crippen molar-refractivity contribution in [3.05, 3.63) is 29.8 Å². The summed E-state index contributed by atoms with van der Waals surface area (Å²) >= 11 is 0. The van der Waals surface area contributed by atoms with Crippen LogP contribution in [0.3, 0.4) is 0 Å². The zero-order valence-electron chi connectivity index (χ0n) is 16.2. The quantitative estimate of drug-likeness (QED) is 0.811. The Morgan fingerprint density at radius 2 is 1.93 bits per heavy atom. The van der Waals surface area contributed by atoms with Gasteiger partial charge in [0.25, 0.3) is 0 Å². The highest BCUT2D eigenvalue weighted by molar-refractivity contribution is 5.73. The molecule has 1 N–H and O–H groups in total. The summed E-state index contributed by atoms with van der Waals surface area (Å²) in [7, 11) is 1.77. The second-order valence-corrected chi connectivity index (χ2v) is 7.29. The fourth-order valence-corrected chi connectivity index (χ4v) is 3.68. The van der Waals surface area contributed by atoms with Crippen LogP contribution in [0.15, 0.2) is 24.3 Å². The lowest BCUT2D eigenvalue weighted by atomic mass is 9.84. The van der Waals surface area contributed by atoms with Crippen LogP contribution in [0, 0.1) is 17.2 Å². The van der Waals surface area contributed by atoms with Gasteiger partial charge in [-0.2, -0.15) is 18.4 Å². The average molecular weight is 414 g/mol. The van der Waals surface area contributed by atoms with Crippen molar-refractivity contribution in [2.45, 2.75) is 37.5 Å². The van der Waals surface area contributed by atoms with Crippen LogP contribution in [-0.4, -0.2) is 56.3 Å². The number of anilines is 1. The van der Waals surface area contributed by atoms with Crippen molar-refractivity contribution in [3.63, 3.8) is 0 Å². The van der Waals surface area contributed by atoms with E-state index in [1.165, 1.54) is 12.1 Å². The molecule has 29 heavy (non-hydrogen) atoms. The second kappa shape index (κ2) is 9.94. The number of rotatable bonds is 4. The number of aliphatic carboxylic acids is 1. The molecule has 9 heteroatoms. The maximum Gasteiger partial charge on any atom is 0.490 e. The van der Waals surface area contributed by atoms with Gasteiger partial charge in [-0.1, -0.05) is 0 Å². The Kier molecular flexibility index (Phi) is 7.88. The summed E-state index contributed by atoms with van der Waals surface area (Å²) < 4.78 is 43.1. The molecule has 1 aromatic rings. The lowest BCUT2D eigenvalue weighted by molar-refractivity contribution is -0.192. The van der Waals surface area contributed by atoms with E-state index >= 15 is 0 Å². The van der Waals surface area contributed by atoms with Crippen molar-refractivity contribution in [2.75, 3.05) is 38.3 Å². The van der Waals surface area contributed by atoms with Gasteiger partial charge in [-0.05, 0) is 55.9 Å². The van der Waals surface area contributed by atoms with Gasteiger partial charge in [0.15, 0.2) is 0 Å². The molecule has 2 saturated heterocycles. The summed E-state index contributed by atoms with van der Waals surface area (Å²) in [5.74, 6) is -2.10. The number of ether oxygens (including phenoxy) is 2. The van der Waals surface area contributed by atoms with E-state index < -0.39 is 12.1 Å². The van der Waals surface area contributed by atoms with Gasteiger partial charge in [0.2, 0.25) is 0 Å². The van der Waals surface area contributed by atoms with Crippen LogP contribution >= 0.6 is 0 Å². The molecular formula is C20H25F3N2O4. The minimum atomic E-state index is -5.08. The van der Waals surface area contributed by atoms with Gasteiger partial charge in [-0.15, -0.1) is 0 Å². The smallest absolute Gasteiger partial charge is 0.475 e. The Balaban J connectivity index is 0.000000370.